The zero-order chi connectivity index (χ0) is 15.9. The first kappa shape index (κ1) is 15.0. The molecule has 0 bridgehead atoms. The molecule has 1 aromatic carbocycles. The molecule has 1 aliphatic rings. The maximum atomic E-state index is 4.61. The van der Waals surface area contributed by atoms with Gasteiger partial charge in [0.15, 0.2) is 0 Å². The van der Waals surface area contributed by atoms with Crippen LogP contribution in [0.25, 0.3) is 16.5 Å². The molecule has 1 atom stereocenters. The standard InChI is InChI=1S/C19H25N3/c1-12(13(2)19(20-4)14(3)15-6-7-15)16-8-9-17-11-21-22(5)18(17)10-16/h8-11,14-15H,6-7H2,1-5H3/b13-12-,20-19-. The van der Waals surface area contributed by atoms with Gasteiger partial charge in [0.1, 0.15) is 0 Å². The van der Waals surface area contributed by atoms with Crippen LogP contribution in [-0.2, 0) is 7.05 Å². The molecule has 2 aromatic rings. The lowest BCUT2D eigenvalue weighted by Gasteiger charge is -2.17. The van der Waals surface area contributed by atoms with Crippen molar-refractivity contribution in [3.8, 4) is 0 Å². The quantitative estimate of drug-likeness (QED) is 0.765. The second-order valence-corrected chi connectivity index (χ2v) is 6.53. The van der Waals surface area contributed by atoms with Crippen molar-refractivity contribution in [1.29, 1.82) is 0 Å². The molecule has 0 saturated heterocycles. The Kier molecular flexibility index (Phi) is 3.90. The Labute approximate surface area is 132 Å². The smallest absolute Gasteiger partial charge is 0.0685 e. The minimum absolute atomic E-state index is 0.570. The van der Waals surface area contributed by atoms with E-state index in [1.54, 1.807) is 0 Å². The molecule has 0 spiro atoms. The van der Waals surface area contributed by atoms with E-state index in [-0.39, 0.29) is 0 Å². The molecule has 1 fully saturated rings. The molecule has 0 amide bonds. The number of aryl methyl sites for hydroxylation is 1. The number of benzene rings is 1. The number of nitrogens with zero attached hydrogens (tertiary/aromatic N) is 3. The first-order valence-electron chi connectivity index (χ1n) is 8.09. The second kappa shape index (κ2) is 5.71. The average molecular weight is 295 g/mol. The van der Waals surface area contributed by atoms with Gasteiger partial charge in [-0.05, 0) is 55.4 Å². The Morgan fingerprint density at radius 2 is 2.05 bits per heavy atom. The summed E-state index contributed by atoms with van der Waals surface area (Å²) in [6.07, 6.45) is 4.63. The summed E-state index contributed by atoms with van der Waals surface area (Å²) in [7, 11) is 3.92. The summed E-state index contributed by atoms with van der Waals surface area (Å²) in [5.74, 6) is 1.40. The number of fused-ring (bicyclic) bond motifs is 1. The summed E-state index contributed by atoms with van der Waals surface area (Å²) in [4.78, 5) is 4.61. The van der Waals surface area contributed by atoms with Crippen LogP contribution in [-0.4, -0.2) is 22.5 Å². The van der Waals surface area contributed by atoms with Crippen molar-refractivity contribution >= 4 is 22.2 Å². The van der Waals surface area contributed by atoms with Gasteiger partial charge in [-0.15, -0.1) is 0 Å². The molecule has 1 aliphatic carbocycles. The Morgan fingerprint density at radius 3 is 2.68 bits per heavy atom. The zero-order valence-corrected chi connectivity index (χ0v) is 14.2. The van der Waals surface area contributed by atoms with E-state index in [9.17, 15) is 0 Å². The van der Waals surface area contributed by atoms with Gasteiger partial charge in [0, 0.05) is 31.1 Å². The van der Waals surface area contributed by atoms with Crippen LogP contribution in [0.1, 0.15) is 39.2 Å². The topological polar surface area (TPSA) is 30.2 Å². The zero-order valence-electron chi connectivity index (χ0n) is 14.2. The van der Waals surface area contributed by atoms with Crippen LogP contribution in [0.3, 0.4) is 0 Å². The predicted octanol–water partition coefficient (Wildman–Crippen LogP) is 4.48. The Hall–Kier alpha value is -1.90. The summed E-state index contributed by atoms with van der Waals surface area (Å²) < 4.78 is 1.93. The minimum atomic E-state index is 0.570. The Bertz CT molecular complexity index is 760. The van der Waals surface area contributed by atoms with Crippen LogP contribution >= 0.6 is 0 Å². The normalized spacial score (nSPS) is 18.5. The van der Waals surface area contributed by atoms with Gasteiger partial charge < -0.3 is 0 Å². The van der Waals surface area contributed by atoms with Gasteiger partial charge >= 0.3 is 0 Å². The van der Waals surface area contributed by atoms with E-state index >= 15 is 0 Å². The minimum Gasteiger partial charge on any atom is -0.293 e. The molecule has 3 nitrogen and oxygen atoms in total. The molecule has 0 aliphatic heterocycles. The van der Waals surface area contributed by atoms with Gasteiger partial charge in [-0.3, -0.25) is 9.67 Å². The molecule has 0 radical (unpaired) electrons. The molecule has 116 valence electrons. The molecule has 1 heterocycles. The number of hydrogen-bond acceptors (Lipinski definition) is 2. The van der Waals surface area contributed by atoms with Crippen LogP contribution in [0, 0.1) is 11.8 Å². The van der Waals surface area contributed by atoms with Crippen molar-refractivity contribution < 1.29 is 0 Å². The van der Waals surface area contributed by atoms with Gasteiger partial charge in [-0.1, -0.05) is 19.1 Å². The molecule has 0 N–H and O–H groups in total. The lowest BCUT2D eigenvalue weighted by atomic mass is 9.90. The molecular formula is C19H25N3. The number of rotatable bonds is 4. The molecule has 3 heteroatoms. The van der Waals surface area contributed by atoms with Crippen molar-refractivity contribution in [3.63, 3.8) is 0 Å². The molecule has 1 unspecified atom stereocenters. The highest BCUT2D eigenvalue weighted by Crippen LogP contribution is 2.39. The van der Waals surface area contributed by atoms with E-state index in [0.717, 1.165) is 5.92 Å². The van der Waals surface area contributed by atoms with Crippen LogP contribution in [0.2, 0.25) is 0 Å². The van der Waals surface area contributed by atoms with E-state index in [4.69, 9.17) is 0 Å². The first-order chi connectivity index (χ1) is 10.5. The Balaban J connectivity index is 2.01. The largest absolute Gasteiger partial charge is 0.293 e. The maximum absolute atomic E-state index is 4.61. The maximum Gasteiger partial charge on any atom is 0.0685 e. The highest BCUT2D eigenvalue weighted by atomic mass is 15.2. The van der Waals surface area contributed by atoms with E-state index in [2.05, 4.69) is 49.1 Å². The highest BCUT2D eigenvalue weighted by molar-refractivity contribution is 6.07. The first-order valence-corrected chi connectivity index (χ1v) is 8.09. The van der Waals surface area contributed by atoms with Gasteiger partial charge in [0.25, 0.3) is 0 Å². The average Bonchev–Trinajstić information content (AvgIpc) is 3.31. The molecule has 3 rings (SSSR count). The van der Waals surface area contributed by atoms with Crippen LogP contribution in [0.15, 0.2) is 35.0 Å². The SMILES string of the molecule is C/N=C(/C(C)=C(/C)c1ccc2cnn(C)c2c1)C(C)C1CC1. The molecule has 1 saturated carbocycles. The van der Waals surface area contributed by atoms with Crippen LogP contribution in [0.5, 0.6) is 0 Å². The molecule has 22 heavy (non-hydrogen) atoms. The molecule has 1 aromatic heterocycles. The highest BCUT2D eigenvalue weighted by Gasteiger charge is 2.31. The van der Waals surface area contributed by atoms with Gasteiger partial charge in [-0.25, -0.2) is 0 Å². The lowest BCUT2D eigenvalue weighted by Crippen LogP contribution is -2.15. The molecular weight excluding hydrogens is 270 g/mol. The summed E-state index contributed by atoms with van der Waals surface area (Å²) in [6.45, 7) is 6.74. The third kappa shape index (κ3) is 2.60. The fourth-order valence-electron chi connectivity index (χ4n) is 3.32. The third-order valence-corrected chi connectivity index (χ3v) is 5.13. The van der Waals surface area contributed by atoms with E-state index < -0.39 is 0 Å². The number of aromatic nitrogens is 2. The van der Waals surface area contributed by atoms with Crippen molar-refractivity contribution in [1.82, 2.24) is 9.78 Å². The predicted molar refractivity (Wildman–Crippen MR) is 94.2 cm³/mol. The monoisotopic (exact) mass is 295 g/mol. The van der Waals surface area contributed by atoms with E-state index in [0.29, 0.717) is 5.92 Å². The summed E-state index contributed by atoms with van der Waals surface area (Å²) in [5.41, 5.74) is 6.34. The number of allylic oxidation sites excluding steroid dienone is 2. The number of hydrogen-bond donors (Lipinski definition) is 0. The van der Waals surface area contributed by atoms with Crippen molar-refractivity contribution in [3.05, 3.63) is 35.5 Å². The fraction of sp³-hybridized carbons (Fsp3) is 0.474. The van der Waals surface area contributed by atoms with Crippen LogP contribution in [0.4, 0.5) is 0 Å². The lowest BCUT2D eigenvalue weighted by molar-refractivity contribution is 0.664. The van der Waals surface area contributed by atoms with Crippen LogP contribution < -0.4 is 0 Å². The summed E-state index contributed by atoms with van der Waals surface area (Å²) in [5, 5.41) is 5.52. The fourth-order valence-corrected chi connectivity index (χ4v) is 3.32. The third-order valence-electron chi connectivity index (χ3n) is 5.13. The van der Waals surface area contributed by atoms with Crippen molar-refractivity contribution in [2.75, 3.05) is 7.05 Å². The second-order valence-electron chi connectivity index (χ2n) is 6.53. The van der Waals surface area contributed by atoms with Gasteiger partial charge in [0.05, 0.1) is 11.7 Å². The van der Waals surface area contributed by atoms with Crippen molar-refractivity contribution in [2.24, 2.45) is 23.9 Å². The summed E-state index contributed by atoms with van der Waals surface area (Å²) >= 11 is 0. The van der Waals surface area contributed by atoms with Gasteiger partial charge in [0.2, 0.25) is 0 Å². The summed E-state index contributed by atoms with van der Waals surface area (Å²) in [6, 6.07) is 6.58. The Morgan fingerprint density at radius 1 is 1.32 bits per heavy atom. The van der Waals surface area contributed by atoms with E-state index in [1.807, 2.05) is 25.0 Å². The van der Waals surface area contributed by atoms with Gasteiger partial charge in [-0.2, -0.15) is 5.10 Å². The van der Waals surface area contributed by atoms with E-state index in [1.165, 1.54) is 46.2 Å². The number of aliphatic imine (C=N–C) groups is 1. The van der Waals surface area contributed by atoms with Crippen molar-refractivity contribution in [2.45, 2.75) is 33.6 Å².